The van der Waals surface area contributed by atoms with Gasteiger partial charge in [-0.25, -0.2) is 17.8 Å². The zero-order valence-electron chi connectivity index (χ0n) is 21.4. The maximum atomic E-state index is 13.6. The van der Waals surface area contributed by atoms with Gasteiger partial charge in [0.2, 0.25) is 15.0 Å². The molecule has 39 heavy (non-hydrogen) atoms. The largest absolute Gasteiger partial charge is 0.376 e. The van der Waals surface area contributed by atoms with E-state index in [0.29, 0.717) is 30.0 Å². The third-order valence-electron chi connectivity index (χ3n) is 6.74. The molecule has 1 aliphatic heterocycles. The fourth-order valence-electron chi connectivity index (χ4n) is 4.78. The van der Waals surface area contributed by atoms with Gasteiger partial charge in [0.15, 0.2) is 0 Å². The molecular weight excluding hydrogens is 517 g/mol. The van der Waals surface area contributed by atoms with Crippen molar-refractivity contribution in [2.24, 2.45) is 0 Å². The molecule has 3 aromatic carbocycles. The predicted octanol–water partition coefficient (Wildman–Crippen LogP) is 4.87. The number of nitrogens with zero attached hydrogens (tertiary/aromatic N) is 3. The number of carbonyl (C=O) groups excluding carboxylic acids is 1. The van der Waals surface area contributed by atoms with Crippen molar-refractivity contribution in [1.29, 1.82) is 0 Å². The number of aromatic nitrogens is 2. The molecule has 7 nitrogen and oxygen atoms in total. The first-order chi connectivity index (χ1) is 18.9. The van der Waals surface area contributed by atoms with Gasteiger partial charge in [0.1, 0.15) is 5.82 Å². The second-order valence-corrected chi connectivity index (χ2v) is 11.6. The minimum absolute atomic E-state index is 0.0449. The number of amides is 1. The Bertz CT molecular complexity index is 1500. The van der Waals surface area contributed by atoms with Gasteiger partial charge >= 0.3 is 0 Å². The first-order valence-corrected chi connectivity index (χ1v) is 14.6. The zero-order chi connectivity index (χ0) is 27.2. The maximum absolute atomic E-state index is 13.6. The zero-order valence-corrected chi connectivity index (χ0v) is 22.3. The average molecular weight is 548 g/mol. The Balaban J connectivity index is 1.50. The third kappa shape index (κ3) is 6.61. The van der Waals surface area contributed by atoms with E-state index in [1.165, 1.54) is 30.5 Å². The van der Waals surface area contributed by atoms with Gasteiger partial charge in [-0.3, -0.25) is 4.79 Å². The number of carbonyl (C=O) groups is 1. The average Bonchev–Trinajstić information content (AvgIpc) is 3.60. The number of hydrogen-bond acceptors (Lipinski definition) is 5. The SMILES string of the molecule is O=C(c1ccc(F)cc1)N(Cc1cnc(S(=O)(=O)Cc2ccccc2)n1Cc1ccccc1)CC1CCCO1. The van der Waals surface area contributed by atoms with Crippen LogP contribution in [0.25, 0.3) is 0 Å². The van der Waals surface area contributed by atoms with Crippen molar-refractivity contribution in [2.75, 3.05) is 13.2 Å². The number of ether oxygens (including phenoxy) is 1. The van der Waals surface area contributed by atoms with E-state index >= 15 is 0 Å². The van der Waals surface area contributed by atoms with Gasteiger partial charge in [-0.05, 0) is 48.2 Å². The summed E-state index contributed by atoms with van der Waals surface area (Å²) in [5.74, 6) is -0.897. The van der Waals surface area contributed by atoms with Crippen molar-refractivity contribution < 1.29 is 22.3 Å². The summed E-state index contributed by atoms with van der Waals surface area (Å²) >= 11 is 0. The number of rotatable bonds is 10. The Morgan fingerprint density at radius 2 is 1.64 bits per heavy atom. The molecule has 202 valence electrons. The van der Waals surface area contributed by atoms with Crippen molar-refractivity contribution in [3.8, 4) is 0 Å². The normalized spacial score (nSPS) is 15.4. The Morgan fingerprint density at radius 1 is 0.974 bits per heavy atom. The van der Waals surface area contributed by atoms with Crippen LogP contribution in [0.3, 0.4) is 0 Å². The maximum Gasteiger partial charge on any atom is 0.254 e. The molecule has 0 spiro atoms. The smallest absolute Gasteiger partial charge is 0.254 e. The molecule has 2 heterocycles. The molecule has 0 aliphatic carbocycles. The van der Waals surface area contributed by atoms with Gasteiger partial charge < -0.3 is 14.2 Å². The highest BCUT2D eigenvalue weighted by atomic mass is 32.2. The Hall–Kier alpha value is -3.82. The van der Waals surface area contributed by atoms with Crippen LogP contribution in [0.4, 0.5) is 4.39 Å². The number of sulfone groups is 1. The highest BCUT2D eigenvalue weighted by molar-refractivity contribution is 7.90. The summed E-state index contributed by atoms with van der Waals surface area (Å²) in [4.78, 5) is 19.6. The van der Waals surface area contributed by atoms with Crippen LogP contribution in [0.1, 0.15) is 40.0 Å². The molecule has 1 amide bonds. The van der Waals surface area contributed by atoms with Gasteiger partial charge in [0.25, 0.3) is 5.91 Å². The lowest BCUT2D eigenvalue weighted by Gasteiger charge is -2.26. The molecular formula is C30H30FN3O4S. The molecule has 1 aliphatic rings. The fourth-order valence-corrected chi connectivity index (χ4v) is 6.27. The molecule has 0 saturated carbocycles. The van der Waals surface area contributed by atoms with Crippen LogP contribution in [0.15, 0.2) is 96.3 Å². The number of hydrogen-bond donors (Lipinski definition) is 0. The minimum Gasteiger partial charge on any atom is -0.376 e. The van der Waals surface area contributed by atoms with E-state index in [1.807, 2.05) is 36.4 Å². The lowest BCUT2D eigenvalue weighted by molar-refractivity contribution is 0.0501. The molecule has 1 atom stereocenters. The van der Waals surface area contributed by atoms with E-state index in [-0.39, 0.29) is 36.0 Å². The van der Waals surface area contributed by atoms with Crippen LogP contribution >= 0.6 is 0 Å². The lowest BCUT2D eigenvalue weighted by Crippen LogP contribution is -2.37. The van der Waals surface area contributed by atoms with Crippen molar-refractivity contribution in [2.45, 2.75) is 42.9 Å². The number of imidazole rings is 1. The third-order valence-corrected chi connectivity index (χ3v) is 8.34. The van der Waals surface area contributed by atoms with Gasteiger partial charge in [-0.15, -0.1) is 0 Å². The van der Waals surface area contributed by atoms with Gasteiger partial charge in [0, 0.05) is 18.7 Å². The van der Waals surface area contributed by atoms with E-state index < -0.39 is 15.7 Å². The first-order valence-electron chi connectivity index (χ1n) is 12.9. The van der Waals surface area contributed by atoms with Crippen LogP contribution in [0.5, 0.6) is 0 Å². The summed E-state index contributed by atoms with van der Waals surface area (Å²) in [5.41, 5.74) is 2.50. The molecule has 1 fully saturated rings. The molecule has 1 unspecified atom stereocenters. The van der Waals surface area contributed by atoms with Crippen LogP contribution < -0.4 is 0 Å². The Morgan fingerprint density at radius 3 is 2.28 bits per heavy atom. The standard InChI is InChI=1S/C30H30FN3O4S/c31-26-15-13-25(14-16-26)29(35)33(21-28-12-7-17-38-28)20-27-18-32-30(34(27)19-23-8-3-1-4-9-23)39(36,37)22-24-10-5-2-6-11-24/h1-6,8-11,13-16,18,28H,7,12,17,19-22H2. The summed E-state index contributed by atoms with van der Waals surface area (Å²) in [7, 11) is -3.80. The molecule has 1 saturated heterocycles. The summed E-state index contributed by atoms with van der Waals surface area (Å²) in [6.07, 6.45) is 3.15. The van der Waals surface area contributed by atoms with Crippen molar-refractivity contribution in [3.63, 3.8) is 0 Å². The predicted molar refractivity (Wildman–Crippen MR) is 145 cm³/mol. The monoisotopic (exact) mass is 547 g/mol. The molecule has 9 heteroatoms. The van der Waals surface area contributed by atoms with Gasteiger partial charge in [0.05, 0.1) is 36.8 Å². The molecule has 5 rings (SSSR count). The molecule has 0 N–H and O–H groups in total. The second-order valence-electron chi connectivity index (χ2n) is 9.68. The van der Waals surface area contributed by atoms with E-state index in [2.05, 4.69) is 4.98 Å². The van der Waals surface area contributed by atoms with Crippen LogP contribution in [0.2, 0.25) is 0 Å². The topological polar surface area (TPSA) is 81.5 Å². The van der Waals surface area contributed by atoms with E-state index in [4.69, 9.17) is 4.74 Å². The van der Waals surface area contributed by atoms with E-state index in [0.717, 1.165) is 18.4 Å². The molecule has 0 bridgehead atoms. The molecule has 4 aromatic rings. The van der Waals surface area contributed by atoms with Crippen LogP contribution in [0, 0.1) is 5.82 Å². The quantitative estimate of drug-likeness (QED) is 0.283. The summed E-state index contributed by atoms with van der Waals surface area (Å²) in [6, 6.07) is 23.9. The van der Waals surface area contributed by atoms with Crippen molar-refractivity contribution >= 4 is 15.7 Å². The Labute approximate surface area is 227 Å². The van der Waals surface area contributed by atoms with Gasteiger partial charge in [-0.1, -0.05) is 60.7 Å². The summed E-state index contributed by atoms with van der Waals surface area (Å²) < 4.78 is 48.1. The summed E-state index contributed by atoms with van der Waals surface area (Å²) in [5, 5.41) is -0.0449. The van der Waals surface area contributed by atoms with Crippen molar-refractivity contribution in [3.05, 3.63) is 119 Å². The van der Waals surface area contributed by atoms with E-state index in [1.54, 1.807) is 33.7 Å². The molecule has 1 aromatic heterocycles. The Kier molecular flexibility index (Phi) is 8.18. The first kappa shape index (κ1) is 26.8. The lowest BCUT2D eigenvalue weighted by atomic mass is 10.1. The highest BCUT2D eigenvalue weighted by Crippen LogP contribution is 2.23. The van der Waals surface area contributed by atoms with E-state index in [9.17, 15) is 17.6 Å². The number of benzene rings is 3. The van der Waals surface area contributed by atoms with Crippen LogP contribution in [-0.2, 0) is 33.4 Å². The summed E-state index contributed by atoms with van der Waals surface area (Å²) in [6.45, 7) is 1.37. The number of halogens is 1. The minimum atomic E-state index is -3.80. The highest BCUT2D eigenvalue weighted by Gasteiger charge is 2.28. The fraction of sp³-hybridized carbons (Fsp3) is 0.267. The van der Waals surface area contributed by atoms with Crippen LogP contribution in [-0.4, -0.2) is 48.0 Å². The second kappa shape index (κ2) is 11.9. The molecule has 0 radical (unpaired) electrons. The van der Waals surface area contributed by atoms with Gasteiger partial charge in [-0.2, -0.15) is 0 Å². The van der Waals surface area contributed by atoms with Crippen molar-refractivity contribution in [1.82, 2.24) is 14.5 Å².